The number of halogens is 1. The van der Waals surface area contributed by atoms with Crippen LogP contribution in [0.15, 0.2) is 48.5 Å². The molecule has 0 saturated heterocycles. The van der Waals surface area contributed by atoms with Crippen molar-refractivity contribution in [2.45, 2.75) is 44.4 Å². The Balaban J connectivity index is 1.61. The van der Waals surface area contributed by atoms with Crippen LogP contribution >= 0.6 is 11.6 Å². The number of amides is 1. The molecule has 26 heavy (non-hydrogen) atoms. The molecule has 1 aliphatic carbocycles. The van der Waals surface area contributed by atoms with E-state index in [1.807, 2.05) is 24.3 Å². The molecule has 0 aromatic heterocycles. The van der Waals surface area contributed by atoms with Gasteiger partial charge in [-0.25, -0.2) is 0 Å². The van der Waals surface area contributed by atoms with Gasteiger partial charge < -0.3 is 14.7 Å². The van der Waals surface area contributed by atoms with Crippen LogP contribution in [0.5, 0.6) is 5.75 Å². The third-order valence-electron chi connectivity index (χ3n) is 4.97. The van der Waals surface area contributed by atoms with Crippen LogP contribution in [0.25, 0.3) is 0 Å². The smallest absolute Gasteiger partial charge is 0.253 e. The molecule has 1 amide bonds. The van der Waals surface area contributed by atoms with E-state index in [2.05, 4.69) is 0 Å². The van der Waals surface area contributed by atoms with Crippen LogP contribution in [0.3, 0.4) is 0 Å². The molecule has 1 fully saturated rings. The minimum absolute atomic E-state index is 0.0754. The van der Waals surface area contributed by atoms with Crippen LogP contribution in [-0.4, -0.2) is 35.1 Å². The summed E-state index contributed by atoms with van der Waals surface area (Å²) in [5.74, 6) is 0.607. The summed E-state index contributed by atoms with van der Waals surface area (Å²) < 4.78 is 5.75. The van der Waals surface area contributed by atoms with Crippen molar-refractivity contribution in [3.63, 3.8) is 0 Å². The summed E-state index contributed by atoms with van der Waals surface area (Å²) in [4.78, 5) is 14.4. The summed E-state index contributed by atoms with van der Waals surface area (Å²) in [6.45, 7) is 0.376. The average molecular weight is 374 g/mol. The molecule has 1 aliphatic rings. The maximum Gasteiger partial charge on any atom is 0.253 e. The molecule has 1 N–H and O–H groups in total. The molecule has 2 aromatic rings. The Labute approximate surface area is 159 Å². The quantitative estimate of drug-likeness (QED) is 0.850. The van der Waals surface area contributed by atoms with E-state index in [1.54, 1.807) is 36.2 Å². The fourth-order valence-corrected chi connectivity index (χ4v) is 3.56. The number of aliphatic hydroxyl groups is 1. The normalized spacial score (nSPS) is 19.8. The molecule has 2 aromatic carbocycles. The van der Waals surface area contributed by atoms with Gasteiger partial charge in [0.05, 0.1) is 12.1 Å². The van der Waals surface area contributed by atoms with Gasteiger partial charge in [-0.15, -0.1) is 0 Å². The molecule has 0 spiro atoms. The maximum atomic E-state index is 12.7. The highest BCUT2D eigenvalue weighted by atomic mass is 35.5. The number of ether oxygens (including phenoxy) is 1. The van der Waals surface area contributed by atoms with Crippen molar-refractivity contribution < 1.29 is 14.6 Å². The second-order valence-electron chi connectivity index (χ2n) is 6.74. The van der Waals surface area contributed by atoms with Crippen LogP contribution in [0, 0.1) is 0 Å². The number of aliphatic hydroxyl groups excluding tert-OH is 1. The second kappa shape index (κ2) is 8.56. The molecule has 0 bridgehead atoms. The van der Waals surface area contributed by atoms with Crippen LogP contribution in [0.4, 0.5) is 0 Å². The van der Waals surface area contributed by atoms with Gasteiger partial charge in [-0.05, 0) is 43.2 Å². The summed E-state index contributed by atoms with van der Waals surface area (Å²) in [5, 5.41) is 10.8. The van der Waals surface area contributed by atoms with E-state index in [4.69, 9.17) is 16.3 Å². The van der Waals surface area contributed by atoms with Gasteiger partial charge in [0.1, 0.15) is 12.4 Å². The van der Waals surface area contributed by atoms with Crippen molar-refractivity contribution in [2.24, 2.45) is 0 Å². The van der Waals surface area contributed by atoms with E-state index >= 15 is 0 Å². The van der Waals surface area contributed by atoms with E-state index in [-0.39, 0.29) is 11.9 Å². The van der Waals surface area contributed by atoms with Crippen molar-refractivity contribution in [1.82, 2.24) is 4.90 Å². The van der Waals surface area contributed by atoms with Gasteiger partial charge in [-0.3, -0.25) is 4.79 Å². The minimum atomic E-state index is -0.434. The molecular weight excluding hydrogens is 350 g/mol. The van der Waals surface area contributed by atoms with E-state index in [0.29, 0.717) is 22.9 Å². The van der Waals surface area contributed by atoms with Crippen molar-refractivity contribution in [1.29, 1.82) is 0 Å². The monoisotopic (exact) mass is 373 g/mol. The zero-order valence-corrected chi connectivity index (χ0v) is 15.7. The number of benzene rings is 2. The summed E-state index contributed by atoms with van der Waals surface area (Å²) in [7, 11) is 1.77. The number of rotatable bonds is 5. The van der Waals surface area contributed by atoms with Crippen molar-refractivity contribution in [3.05, 3.63) is 64.7 Å². The molecule has 0 radical (unpaired) electrons. The Morgan fingerprint density at radius 1 is 1.15 bits per heavy atom. The standard InChI is InChI=1S/C21H24ClNO3/c1-23(19-8-4-5-9-20(19)24)21(25)15-10-12-17(13-11-15)26-14-16-6-2-3-7-18(16)22/h2-3,6-7,10-13,19-20,24H,4-5,8-9,14H2,1H3/t19-,20+/m0/s1. The molecule has 2 atom stereocenters. The summed E-state index contributed by atoms with van der Waals surface area (Å²) in [6, 6.07) is 14.5. The lowest BCUT2D eigenvalue weighted by molar-refractivity contribution is 0.0268. The summed E-state index contributed by atoms with van der Waals surface area (Å²) in [5.41, 5.74) is 1.51. The van der Waals surface area contributed by atoms with Crippen LogP contribution in [0.2, 0.25) is 5.02 Å². The first-order chi connectivity index (χ1) is 12.6. The molecule has 4 nitrogen and oxygen atoms in total. The van der Waals surface area contributed by atoms with Crippen molar-refractivity contribution >= 4 is 17.5 Å². The summed E-state index contributed by atoms with van der Waals surface area (Å²) >= 11 is 6.13. The molecule has 0 heterocycles. The van der Waals surface area contributed by atoms with Gasteiger partial charge in [0.2, 0.25) is 0 Å². The number of hydrogen-bond acceptors (Lipinski definition) is 3. The van der Waals surface area contributed by atoms with Gasteiger partial charge in [-0.2, -0.15) is 0 Å². The molecular formula is C21H24ClNO3. The number of carbonyl (C=O) groups excluding carboxylic acids is 1. The highest BCUT2D eigenvalue weighted by Gasteiger charge is 2.29. The lowest BCUT2D eigenvalue weighted by Crippen LogP contribution is -2.46. The number of nitrogens with zero attached hydrogens (tertiary/aromatic N) is 1. The Hall–Kier alpha value is -2.04. The van der Waals surface area contributed by atoms with Crippen LogP contribution in [0.1, 0.15) is 41.6 Å². The lowest BCUT2D eigenvalue weighted by atomic mass is 9.91. The van der Waals surface area contributed by atoms with E-state index in [9.17, 15) is 9.90 Å². The predicted octanol–water partition coefficient (Wildman–Crippen LogP) is 4.29. The molecule has 0 aliphatic heterocycles. The number of likely N-dealkylation sites (N-methyl/N-ethyl adjacent to an activating group) is 1. The van der Waals surface area contributed by atoms with Gasteiger partial charge >= 0.3 is 0 Å². The zero-order chi connectivity index (χ0) is 18.5. The topological polar surface area (TPSA) is 49.8 Å². The average Bonchev–Trinajstić information content (AvgIpc) is 2.67. The first-order valence-corrected chi connectivity index (χ1v) is 9.35. The highest BCUT2D eigenvalue weighted by Crippen LogP contribution is 2.24. The van der Waals surface area contributed by atoms with Crippen molar-refractivity contribution in [3.8, 4) is 5.75 Å². The van der Waals surface area contributed by atoms with Crippen LogP contribution in [-0.2, 0) is 6.61 Å². The van der Waals surface area contributed by atoms with E-state index in [0.717, 1.165) is 31.2 Å². The number of carbonyl (C=O) groups is 1. The maximum absolute atomic E-state index is 12.7. The molecule has 138 valence electrons. The fraction of sp³-hybridized carbons (Fsp3) is 0.381. The van der Waals surface area contributed by atoms with E-state index < -0.39 is 6.10 Å². The molecule has 3 rings (SSSR count). The lowest BCUT2D eigenvalue weighted by Gasteiger charge is -2.35. The van der Waals surface area contributed by atoms with Gasteiger partial charge in [0, 0.05) is 23.2 Å². The largest absolute Gasteiger partial charge is 0.489 e. The fourth-order valence-electron chi connectivity index (χ4n) is 3.37. The van der Waals surface area contributed by atoms with E-state index in [1.165, 1.54) is 0 Å². The SMILES string of the molecule is CN(C(=O)c1ccc(OCc2ccccc2Cl)cc1)[C@H]1CCCC[C@H]1O. The van der Waals surface area contributed by atoms with Gasteiger partial charge in [0.25, 0.3) is 5.91 Å². The first-order valence-electron chi connectivity index (χ1n) is 8.98. The third-order valence-corrected chi connectivity index (χ3v) is 5.33. The van der Waals surface area contributed by atoms with Crippen molar-refractivity contribution in [2.75, 3.05) is 7.05 Å². The number of hydrogen-bond donors (Lipinski definition) is 1. The molecule has 0 unspecified atom stereocenters. The molecule has 5 heteroatoms. The Bertz CT molecular complexity index is 747. The zero-order valence-electron chi connectivity index (χ0n) is 14.9. The summed E-state index contributed by atoms with van der Waals surface area (Å²) in [6.07, 6.45) is 3.25. The highest BCUT2D eigenvalue weighted by molar-refractivity contribution is 6.31. The first kappa shape index (κ1) is 18.7. The third kappa shape index (κ3) is 4.37. The predicted molar refractivity (Wildman–Crippen MR) is 103 cm³/mol. The minimum Gasteiger partial charge on any atom is -0.489 e. The van der Waals surface area contributed by atoms with Gasteiger partial charge in [0.15, 0.2) is 0 Å². The van der Waals surface area contributed by atoms with Crippen LogP contribution < -0.4 is 4.74 Å². The Morgan fingerprint density at radius 3 is 2.54 bits per heavy atom. The van der Waals surface area contributed by atoms with Gasteiger partial charge in [-0.1, -0.05) is 42.6 Å². The second-order valence-corrected chi connectivity index (χ2v) is 7.15. The Morgan fingerprint density at radius 2 is 1.85 bits per heavy atom. The Kier molecular flexibility index (Phi) is 6.17. The molecule has 1 saturated carbocycles.